The second kappa shape index (κ2) is 6.57. The van der Waals surface area contributed by atoms with Gasteiger partial charge in [0, 0.05) is 18.8 Å². The quantitative estimate of drug-likeness (QED) is 0.655. The van der Waals surface area contributed by atoms with Gasteiger partial charge in [-0.15, -0.1) is 0 Å². The van der Waals surface area contributed by atoms with Crippen LogP contribution in [0.3, 0.4) is 0 Å². The molecule has 2 rings (SSSR count). The molecule has 0 aliphatic heterocycles. The molecular formula is C16H22N2O2. The Labute approximate surface area is 119 Å². The maximum atomic E-state index is 12.1. The largest absolute Gasteiger partial charge is 0.399 e. The van der Waals surface area contributed by atoms with E-state index in [9.17, 15) is 9.90 Å². The predicted molar refractivity (Wildman–Crippen MR) is 80.9 cm³/mol. The SMILES string of the molecule is CN(C(=O)/C=C/c1ccc(N)cc1)C1CCCCC1O. The number of aliphatic hydroxyl groups excluding tert-OH is 1. The van der Waals surface area contributed by atoms with Gasteiger partial charge in [-0.2, -0.15) is 0 Å². The molecule has 1 amide bonds. The molecule has 4 heteroatoms. The second-order valence-corrected chi connectivity index (χ2v) is 5.37. The molecule has 0 saturated heterocycles. The van der Waals surface area contributed by atoms with Gasteiger partial charge in [0.15, 0.2) is 0 Å². The van der Waals surface area contributed by atoms with Gasteiger partial charge in [-0.05, 0) is 36.6 Å². The molecule has 2 atom stereocenters. The summed E-state index contributed by atoms with van der Waals surface area (Å²) in [7, 11) is 1.76. The molecule has 0 heterocycles. The van der Waals surface area contributed by atoms with E-state index in [-0.39, 0.29) is 11.9 Å². The lowest BCUT2D eigenvalue weighted by Gasteiger charge is -2.34. The fourth-order valence-corrected chi connectivity index (χ4v) is 2.60. The summed E-state index contributed by atoms with van der Waals surface area (Å²) in [6.45, 7) is 0. The van der Waals surface area contributed by atoms with E-state index in [0.29, 0.717) is 5.69 Å². The highest BCUT2D eigenvalue weighted by molar-refractivity contribution is 5.91. The van der Waals surface area contributed by atoms with Crippen molar-refractivity contribution in [1.82, 2.24) is 4.90 Å². The van der Waals surface area contributed by atoms with Crippen LogP contribution in [0, 0.1) is 0 Å². The van der Waals surface area contributed by atoms with Crippen LogP contribution in [0.1, 0.15) is 31.2 Å². The van der Waals surface area contributed by atoms with E-state index in [2.05, 4.69) is 0 Å². The first kappa shape index (κ1) is 14.6. The number of benzene rings is 1. The molecule has 1 aromatic carbocycles. The molecule has 20 heavy (non-hydrogen) atoms. The minimum Gasteiger partial charge on any atom is -0.399 e. The Morgan fingerprint density at radius 1 is 1.30 bits per heavy atom. The first-order valence-corrected chi connectivity index (χ1v) is 7.06. The van der Waals surface area contributed by atoms with E-state index in [1.165, 1.54) is 0 Å². The lowest BCUT2D eigenvalue weighted by atomic mass is 9.91. The van der Waals surface area contributed by atoms with Gasteiger partial charge < -0.3 is 15.7 Å². The average molecular weight is 274 g/mol. The van der Waals surface area contributed by atoms with Crippen LogP contribution in [0.2, 0.25) is 0 Å². The zero-order chi connectivity index (χ0) is 14.5. The van der Waals surface area contributed by atoms with Crippen molar-refractivity contribution in [3.05, 3.63) is 35.9 Å². The highest BCUT2D eigenvalue weighted by atomic mass is 16.3. The number of carbonyl (C=O) groups is 1. The number of aliphatic hydroxyl groups is 1. The van der Waals surface area contributed by atoms with E-state index < -0.39 is 6.10 Å². The summed E-state index contributed by atoms with van der Waals surface area (Å²) in [5.74, 6) is -0.0761. The Balaban J connectivity index is 1.98. The molecule has 1 aromatic rings. The molecular weight excluding hydrogens is 252 g/mol. The molecule has 0 radical (unpaired) electrons. The summed E-state index contributed by atoms with van der Waals surface area (Å²) in [6.07, 6.45) is 6.69. The van der Waals surface area contributed by atoms with Crippen LogP contribution in [0.25, 0.3) is 6.08 Å². The molecule has 0 aromatic heterocycles. The van der Waals surface area contributed by atoms with E-state index >= 15 is 0 Å². The van der Waals surface area contributed by atoms with E-state index in [1.54, 1.807) is 36.2 Å². The van der Waals surface area contributed by atoms with Crippen LogP contribution < -0.4 is 5.73 Å². The molecule has 4 nitrogen and oxygen atoms in total. The van der Waals surface area contributed by atoms with Crippen molar-refractivity contribution in [2.45, 2.75) is 37.8 Å². The summed E-state index contributed by atoms with van der Waals surface area (Å²) >= 11 is 0. The molecule has 108 valence electrons. The number of amides is 1. The van der Waals surface area contributed by atoms with Crippen molar-refractivity contribution >= 4 is 17.7 Å². The maximum Gasteiger partial charge on any atom is 0.246 e. The van der Waals surface area contributed by atoms with Gasteiger partial charge in [0.2, 0.25) is 5.91 Å². The number of nitrogens with zero attached hydrogens (tertiary/aromatic N) is 1. The lowest BCUT2D eigenvalue weighted by molar-refractivity contribution is -0.130. The van der Waals surface area contributed by atoms with Crippen LogP contribution >= 0.6 is 0 Å². The van der Waals surface area contributed by atoms with Gasteiger partial charge in [0.05, 0.1) is 12.1 Å². The average Bonchev–Trinajstić information content (AvgIpc) is 2.46. The van der Waals surface area contributed by atoms with Crippen molar-refractivity contribution in [2.24, 2.45) is 0 Å². The van der Waals surface area contributed by atoms with Crippen molar-refractivity contribution in [3.8, 4) is 0 Å². The van der Waals surface area contributed by atoms with Crippen LogP contribution in [-0.2, 0) is 4.79 Å². The zero-order valence-electron chi connectivity index (χ0n) is 11.8. The van der Waals surface area contributed by atoms with Crippen molar-refractivity contribution in [2.75, 3.05) is 12.8 Å². The lowest BCUT2D eigenvalue weighted by Crippen LogP contribution is -2.45. The Morgan fingerprint density at radius 2 is 1.95 bits per heavy atom. The molecule has 1 saturated carbocycles. The van der Waals surface area contributed by atoms with Gasteiger partial charge in [0.1, 0.15) is 0 Å². The zero-order valence-corrected chi connectivity index (χ0v) is 11.8. The highest BCUT2D eigenvalue weighted by Crippen LogP contribution is 2.22. The highest BCUT2D eigenvalue weighted by Gasteiger charge is 2.28. The smallest absolute Gasteiger partial charge is 0.246 e. The summed E-state index contributed by atoms with van der Waals surface area (Å²) in [5, 5.41) is 9.97. The van der Waals surface area contributed by atoms with Gasteiger partial charge >= 0.3 is 0 Å². The molecule has 3 N–H and O–H groups in total. The Kier molecular flexibility index (Phi) is 4.79. The third-order valence-electron chi connectivity index (χ3n) is 3.89. The fraction of sp³-hybridized carbons (Fsp3) is 0.438. The summed E-state index contributed by atoms with van der Waals surface area (Å²) < 4.78 is 0. The van der Waals surface area contributed by atoms with Crippen LogP contribution in [-0.4, -0.2) is 35.1 Å². The first-order chi connectivity index (χ1) is 9.58. The number of nitrogen functional groups attached to an aromatic ring is 1. The first-order valence-electron chi connectivity index (χ1n) is 7.06. The van der Waals surface area contributed by atoms with Crippen molar-refractivity contribution < 1.29 is 9.90 Å². The van der Waals surface area contributed by atoms with Crippen LogP contribution in [0.5, 0.6) is 0 Å². The number of rotatable bonds is 3. The molecule has 1 fully saturated rings. The van der Waals surface area contributed by atoms with Crippen LogP contribution in [0.15, 0.2) is 30.3 Å². The van der Waals surface area contributed by atoms with Gasteiger partial charge in [-0.3, -0.25) is 4.79 Å². The Hall–Kier alpha value is -1.81. The van der Waals surface area contributed by atoms with E-state index in [1.807, 2.05) is 12.1 Å². The van der Waals surface area contributed by atoms with Gasteiger partial charge in [-0.25, -0.2) is 0 Å². The monoisotopic (exact) mass is 274 g/mol. The normalized spacial score (nSPS) is 22.9. The molecule has 1 aliphatic rings. The Morgan fingerprint density at radius 3 is 2.60 bits per heavy atom. The number of nitrogens with two attached hydrogens (primary N) is 1. The number of hydrogen-bond donors (Lipinski definition) is 2. The topological polar surface area (TPSA) is 66.6 Å². The van der Waals surface area contributed by atoms with Crippen molar-refractivity contribution in [3.63, 3.8) is 0 Å². The summed E-state index contributed by atoms with van der Waals surface area (Å²) in [4.78, 5) is 13.8. The summed E-state index contributed by atoms with van der Waals surface area (Å²) in [6, 6.07) is 7.29. The van der Waals surface area contributed by atoms with E-state index in [0.717, 1.165) is 31.2 Å². The molecule has 2 unspecified atom stereocenters. The number of likely N-dealkylation sites (N-methyl/N-ethyl adjacent to an activating group) is 1. The number of hydrogen-bond acceptors (Lipinski definition) is 3. The van der Waals surface area contributed by atoms with Gasteiger partial charge in [0.25, 0.3) is 0 Å². The third kappa shape index (κ3) is 3.61. The fourth-order valence-electron chi connectivity index (χ4n) is 2.60. The minimum absolute atomic E-state index is 0.0627. The molecule has 0 bridgehead atoms. The van der Waals surface area contributed by atoms with E-state index in [4.69, 9.17) is 5.73 Å². The van der Waals surface area contributed by atoms with Gasteiger partial charge in [-0.1, -0.05) is 25.0 Å². The predicted octanol–water partition coefficient (Wildman–Crippen LogP) is 2.04. The summed E-state index contributed by atoms with van der Waals surface area (Å²) in [5.41, 5.74) is 7.26. The Bertz CT molecular complexity index is 482. The molecule has 1 aliphatic carbocycles. The van der Waals surface area contributed by atoms with Crippen molar-refractivity contribution in [1.29, 1.82) is 0 Å². The second-order valence-electron chi connectivity index (χ2n) is 5.37. The third-order valence-corrected chi connectivity index (χ3v) is 3.89. The minimum atomic E-state index is -0.400. The number of anilines is 1. The van der Waals surface area contributed by atoms with Crippen LogP contribution in [0.4, 0.5) is 5.69 Å². The molecule has 0 spiro atoms. The standard InChI is InChI=1S/C16H22N2O2/c1-18(14-4-2-3-5-15(14)19)16(20)11-8-12-6-9-13(17)10-7-12/h6-11,14-15,19H,2-5,17H2,1H3/b11-8+. The number of carbonyl (C=O) groups excluding carboxylic acids is 1. The maximum absolute atomic E-state index is 12.1.